The summed E-state index contributed by atoms with van der Waals surface area (Å²) in [6, 6.07) is -1.31. The Bertz CT molecular complexity index is 1030. The van der Waals surface area contributed by atoms with Gasteiger partial charge in [-0.3, -0.25) is 18.8 Å². The van der Waals surface area contributed by atoms with Gasteiger partial charge < -0.3 is 36.7 Å². The summed E-state index contributed by atoms with van der Waals surface area (Å²) >= 11 is 0. The van der Waals surface area contributed by atoms with Crippen molar-refractivity contribution in [3.05, 3.63) is 12.7 Å². The molecule has 0 saturated carbocycles. The first-order valence-electron chi connectivity index (χ1n) is 8.77. The van der Waals surface area contributed by atoms with E-state index in [0.717, 1.165) is 0 Å². The van der Waals surface area contributed by atoms with Gasteiger partial charge in [-0.05, 0) is 0 Å². The number of primary amides is 1. The molecule has 2 aromatic rings. The average Bonchev–Trinajstić information content (AvgIpc) is 3.22. The minimum Gasteiger partial charge on any atom is -0.387 e. The molecule has 31 heavy (non-hydrogen) atoms. The number of amides is 1. The van der Waals surface area contributed by atoms with Crippen LogP contribution in [-0.2, 0) is 27.9 Å². The van der Waals surface area contributed by atoms with E-state index in [0.29, 0.717) is 0 Å². The van der Waals surface area contributed by atoms with Gasteiger partial charge in [-0.2, -0.15) is 0 Å². The molecule has 3 heterocycles. The zero-order valence-corrected chi connectivity index (χ0v) is 16.7. The van der Waals surface area contributed by atoms with Crippen molar-refractivity contribution >= 4 is 36.7 Å². The SMILES string of the molecule is NC(=O)C[C@H]([NH3+])C(=O)OP(=O)(O)OC[C@H]1O[C@@H](n2cnc3c(N)ncnc32)[C@H](O)[C@@H]1O. The highest BCUT2D eigenvalue weighted by atomic mass is 31.2. The van der Waals surface area contributed by atoms with Crippen molar-refractivity contribution in [2.45, 2.75) is 37.0 Å². The molecule has 17 heteroatoms. The lowest BCUT2D eigenvalue weighted by molar-refractivity contribution is -0.405. The van der Waals surface area contributed by atoms with Gasteiger partial charge in [0, 0.05) is 0 Å². The van der Waals surface area contributed by atoms with E-state index in [2.05, 4.69) is 29.7 Å². The van der Waals surface area contributed by atoms with Gasteiger partial charge in [0.1, 0.15) is 30.2 Å². The van der Waals surface area contributed by atoms with Crippen LogP contribution in [-0.4, -0.2) is 77.5 Å². The number of nitrogen functional groups attached to an aromatic ring is 1. The number of carbonyl (C=O) groups is 2. The van der Waals surface area contributed by atoms with Gasteiger partial charge in [0.15, 0.2) is 23.7 Å². The van der Waals surface area contributed by atoms with Crippen LogP contribution < -0.4 is 17.2 Å². The number of anilines is 1. The van der Waals surface area contributed by atoms with Crippen molar-refractivity contribution in [1.29, 1.82) is 0 Å². The number of fused-ring (bicyclic) bond motifs is 1. The zero-order valence-electron chi connectivity index (χ0n) is 15.8. The average molecular weight is 462 g/mol. The van der Waals surface area contributed by atoms with E-state index in [1.165, 1.54) is 17.2 Å². The predicted octanol–water partition coefficient (Wildman–Crippen LogP) is -3.83. The van der Waals surface area contributed by atoms with Crippen molar-refractivity contribution in [2.24, 2.45) is 5.73 Å². The van der Waals surface area contributed by atoms with Gasteiger partial charge >= 0.3 is 13.8 Å². The molecule has 16 nitrogen and oxygen atoms in total. The highest BCUT2D eigenvalue weighted by molar-refractivity contribution is 7.48. The van der Waals surface area contributed by atoms with E-state index < -0.39 is 63.3 Å². The summed E-state index contributed by atoms with van der Waals surface area (Å²) in [6.45, 7) is -0.725. The first-order valence-corrected chi connectivity index (χ1v) is 10.3. The van der Waals surface area contributed by atoms with Crippen LogP contribution in [0.2, 0.25) is 0 Å². The van der Waals surface area contributed by atoms with E-state index in [1.807, 2.05) is 0 Å². The minimum absolute atomic E-state index is 0.0970. The molecule has 0 radical (unpaired) electrons. The minimum atomic E-state index is -4.94. The fourth-order valence-corrected chi connectivity index (χ4v) is 3.63. The summed E-state index contributed by atoms with van der Waals surface area (Å²) in [6.07, 6.45) is -3.52. The van der Waals surface area contributed by atoms with Crippen LogP contribution in [0.15, 0.2) is 12.7 Å². The highest BCUT2D eigenvalue weighted by Gasteiger charge is 2.46. The van der Waals surface area contributed by atoms with Gasteiger partial charge in [-0.25, -0.2) is 24.3 Å². The van der Waals surface area contributed by atoms with Crippen LogP contribution in [0.3, 0.4) is 0 Å². The number of aliphatic hydroxyl groups is 2. The number of ether oxygens (including phenoxy) is 1. The molecule has 1 aliphatic heterocycles. The second-order valence-electron chi connectivity index (χ2n) is 6.67. The summed E-state index contributed by atoms with van der Waals surface area (Å²) in [5.41, 5.74) is 14.4. The van der Waals surface area contributed by atoms with E-state index in [-0.39, 0.29) is 17.0 Å². The number of hydrogen-bond acceptors (Lipinski definition) is 12. The number of imidazole rings is 1. The number of aliphatic hydroxyl groups excluding tert-OH is 2. The second-order valence-corrected chi connectivity index (χ2v) is 8.05. The number of nitrogens with zero attached hydrogens (tertiary/aromatic N) is 4. The standard InChI is InChI=1S/C14H20N7O9P/c15-5(1-7(16)22)14(25)30-31(26,27)28-2-6-9(23)10(24)13(29-6)21-4-20-8-11(17)18-3-19-12(8)21/h3-6,9-10,13,23-24H,1-2,15H2,(H2,16,22)(H,26,27)(H2,17,18,19)/p+1/t5-,6+,9+,10+,13+/m0/s1. The molecule has 2 aromatic heterocycles. The van der Waals surface area contributed by atoms with Crippen LogP contribution in [0, 0.1) is 0 Å². The quantitative estimate of drug-likeness (QED) is 0.206. The molecular weight excluding hydrogens is 441 g/mol. The Morgan fingerprint density at radius 3 is 2.71 bits per heavy atom. The fourth-order valence-electron chi connectivity index (χ4n) is 2.86. The number of carbonyl (C=O) groups excluding carboxylic acids is 2. The van der Waals surface area contributed by atoms with Gasteiger partial charge in [0.05, 0.1) is 19.4 Å². The van der Waals surface area contributed by atoms with Crippen molar-refractivity contribution < 1.29 is 48.8 Å². The number of aromatic nitrogens is 4. The molecule has 6 atom stereocenters. The molecule has 1 fully saturated rings. The lowest BCUT2D eigenvalue weighted by Crippen LogP contribution is -2.66. The van der Waals surface area contributed by atoms with Crippen LogP contribution in [0.1, 0.15) is 12.6 Å². The van der Waals surface area contributed by atoms with Crippen LogP contribution in [0.4, 0.5) is 5.82 Å². The van der Waals surface area contributed by atoms with Gasteiger partial charge in [0.25, 0.3) is 0 Å². The van der Waals surface area contributed by atoms with E-state index >= 15 is 0 Å². The lowest BCUT2D eigenvalue weighted by atomic mass is 10.1. The van der Waals surface area contributed by atoms with Gasteiger partial charge in [0.2, 0.25) is 5.91 Å². The molecule has 3 rings (SSSR count). The second kappa shape index (κ2) is 8.80. The first-order chi connectivity index (χ1) is 14.5. The normalized spacial score (nSPS) is 26.5. The lowest BCUT2D eigenvalue weighted by Gasteiger charge is -2.17. The third-order valence-corrected chi connectivity index (χ3v) is 5.27. The maximum atomic E-state index is 12.0. The zero-order chi connectivity index (χ0) is 22.9. The molecule has 1 saturated heterocycles. The maximum Gasteiger partial charge on any atom is 0.529 e. The third kappa shape index (κ3) is 4.96. The van der Waals surface area contributed by atoms with Gasteiger partial charge in [-0.15, -0.1) is 0 Å². The molecule has 1 unspecified atom stereocenters. The smallest absolute Gasteiger partial charge is 0.387 e. The van der Waals surface area contributed by atoms with Crippen LogP contribution >= 0.6 is 7.82 Å². The topological polar surface area (TPSA) is 263 Å². The Morgan fingerprint density at radius 2 is 2.03 bits per heavy atom. The molecule has 0 aromatic carbocycles. The third-order valence-electron chi connectivity index (χ3n) is 4.39. The molecule has 1 amide bonds. The van der Waals surface area contributed by atoms with Crippen molar-refractivity contribution in [1.82, 2.24) is 19.5 Å². The van der Waals surface area contributed by atoms with E-state index in [1.54, 1.807) is 0 Å². The Labute approximate surface area is 173 Å². The molecule has 10 N–H and O–H groups in total. The van der Waals surface area contributed by atoms with Crippen molar-refractivity contribution in [2.75, 3.05) is 12.3 Å². The number of nitrogens with two attached hydrogens (primary N) is 2. The van der Waals surface area contributed by atoms with Crippen molar-refractivity contribution in [3.63, 3.8) is 0 Å². The van der Waals surface area contributed by atoms with Crippen LogP contribution in [0.5, 0.6) is 0 Å². The molecule has 0 bridgehead atoms. The molecular formula is C14H21N7O9P+. The summed E-state index contributed by atoms with van der Waals surface area (Å²) in [4.78, 5) is 44.0. The number of rotatable bonds is 8. The number of hydrogen-bond donors (Lipinski definition) is 6. The Hall–Kier alpha value is -2.72. The monoisotopic (exact) mass is 462 g/mol. The van der Waals surface area contributed by atoms with Gasteiger partial charge in [-0.1, -0.05) is 0 Å². The summed E-state index contributed by atoms with van der Waals surface area (Å²) < 4.78 is 27.8. The highest BCUT2D eigenvalue weighted by Crippen LogP contribution is 2.44. The Morgan fingerprint density at radius 1 is 1.32 bits per heavy atom. The number of phosphoric ester groups is 1. The molecule has 0 aliphatic carbocycles. The number of phosphoric acid groups is 1. The maximum absolute atomic E-state index is 12.0. The van der Waals surface area contributed by atoms with Crippen LogP contribution in [0.25, 0.3) is 11.2 Å². The summed E-state index contributed by atoms with van der Waals surface area (Å²) in [5.74, 6) is -2.04. The molecule has 170 valence electrons. The molecule has 1 aliphatic rings. The predicted molar refractivity (Wildman–Crippen MR) is 98.0 cm³/mol. The Kier molecular flexibility index (Phi) is 6.51. The fraction of sp³-hybridized carbons (Fsp3) is 0.500. The Balaban J connectivity index is 1.65. The van der Waals surface area contributed by atoms with E-state index in [4.69, 9.17) is 16.2 Å². The largest absolute Gasteiger partial charge is 0.529 e. The first kappa shape index (κ1) is 23.0. The molecule has 0 spiro atoms. The summed E-state index contributed by atoms with van der Waals surface area (Å²) in [5, 5.41) is 20.6. The summed E-state index contributed by atoms with van der Waals surface area (Å²) in [7, 11) is -4.94. The number of quaternary nitrogens is 1. The van der Waals surface area contributed by atoms with Crippen molar-refractivity contribution in [3.8, 4) is 0 Å². The van der Waals surface area contributed by atoms with E-state index in [9.17, 15) is 29.3 Å².